The van der Waals surface area contributed by atoms with Crippen molar-refractivity contribution >= 4 is 17.0 Å². The molecule has 0 amide bonds. The molecule has 0 aliphatic rings. The van der Waals surface area contributed by atoms with Crippen LogP contribution < -0.4 is 0 Å². The van der Waals surface area contributed by atoms with Gasteiger partial charge in [0.05, 0.1) is 21.6 Å². The third-order valence-corrected chi connectivity index (χ3v) is 3.91. The molecule has 1 N–H and O–H groups in total. The summed E-state index contributed by atoms with van der Waals surface area (Å²) in [5.41, 5.74) is 1.67. The van der Waals surface area contributed by atoms with Gasteiger partial charge in [-0.2, -0.15) is 0 Å². The molecule has 1 aromatic heterocycles. The Bertz CT molecular complexity index is 576. The molecule has 0 radical (unpaired) electrons. The molecule has 18 heavy (non-hydrogen) atoms. The molecular formula is C12H12N2O3S. The fourth-order valence-corrected chi connectivity index (χ4v) is 2.65. The summed E-state index contributed by atoms with van der Waals surface area (Å²) in [7, 11) is 0. The van der Waals surface area contributed by atoms with Gasteiger partial charge in [-0.15, -0.1) is 11.3 Å². The van der Waals surface area contributed by atoms with Crippen LogP contribution in [0.15, 0.2) is 24.3 Å². The third kappa shape index (κ3) is 2.39. The summed E-state index contributed by atoms with van der Waals surface area (Å²) < 4.78 is 0. The molecule has 1 atom stereocenters. The quantitative estimate of drug-likeness (QED) is 0.682. The van der Waals surface area contributed by atoms with Crippen molar-refractivity contribution in [2.24, 2.45) is 0 Å². The van der Waals surface area contributed by atoms with Crippen LogP contribution in [0.4, 0.5) is 5.69 Å². The predicted molar refractivity (Wildman–Crippen MR) is 69.6 cm³/mol. The molecule has 0 saturated heterocycles. The molecule has 2 aromatic rings. The van der Waals surface area contributed by atoms with E-state index in [4.69, 9.17) is 0 Å². The first-order valence-corrected chi connectivity index (χ1v) is 6.21. The third-order valence-electron chi connectivity index (χ3n) is 2.54. The molecule has 0 spiro atoms. The standard InChI is InChI=1S/C12H12N2O3S/c1-7-11(8(2)15)18-12(13-7)9-3-5-10(6-4-9)14(16)17/h3-6,8,15H,1-2H3. The number of hydrogen-bond acceptors (Lipinski definition) is 5. The van der Waals surface area contributed by atoms with E-state index >= 15 is 0 Å². The number of aromatic nitrogens is 1. The van der Waals surface area contributed by atoms with Gasteiger partial charge in [-0.05, 0) is 26.0 Å². The Morgan fingerprint density at radius 2 is 2.00 bits per heavy atom. The van der Waals surface area contributed by atoms with E-state index in [2.05, 4.69) is 4.98 Å². The lowest BCUT2D eigenvalue weighted by Gasteiger charge is -1.98. The molecule has 5 nitrogen and oxygen atoms in total. The van der Waals surface area contributed by atoms with E-state index in [9.17, 15) is 15.2 Å². The van der Waals surface area contributed by atoms with Gasteiger partial charge in [0.15, 0.2) is 0 Å². The molecule has 0 bridgehead atoms. The van der Waals surface area contributed by atoms with Crippen molar-refractivity contribution in [3.05, 3.63) is 45.0 Å². The minimum absolute atomic E-state index is 0.0581. The molecule has 1 unspecified atom stereocenters. The zero-order valence-corrected chi connectivity index (χ0v) is 10.8. The Hall–Kier alpha value is -1.79. The summed E-state index contributed by atoms with van der Waals surface area (Å²) in [5.74, 6) is 0. The van der Waals surface area contributed by atoms with E-state index in [1.54, 1.807) is 19.1 Å². The van der Waals surface area contributed by atoms with Crippen molar-refractivity contribution in [3.8, 4) is 10.6 Å². The zero-order chi connectivity index (χ0) is 13.3. The lowest BCUT2D eigenvalue weighted by atomic mass is 10.2. The smallest absolute Gasteiger partial charge is 0.269 e. The fourth-order valence-electron chi connectivity index (χ4n) is 1.65. The largest absolute Gasteiger partial charge is 0.388 e. The van der Waals surface area contributed by atoms with E-state index in [-0.39, 0.29) is 5.69 Å². The number of aliphatic hydroxyl groups is 1. The number of nitrogens with zero attached hydrogens (tertiary/aromatic N) is 2. The molecular weight excluding hydrogens is 252 g/mol. The van der Waals surface area contributed by atoms with Gasteiger partial charge in [0.2, 0.25) is 0 Å². The van der Waals surface area contributed by atoms with E-state index < -0.39 is 11.0 Å². The molecule has 0 aliphatic heterocycles. The van der Waals surface area contributed by atoms with Gasteiger partial charge in [0.1, 0.15) is 5.01 Å². The van der Waals surface area contributed by atoms with Gasteiger partial charge >= 0.3 is 0 Å². The normalized spacial score (nSPS) is 12.4. The highest BCUT2D eigenvalue weighted by Crippen LogP contribution is 2.32. The number of nitro benzene ring substituents is 1. The number of thiazole rings is 1. The Morgan fingerprint density at radius 1 is 1.39 bits per heavy atom. The second-order valence-electron chi connectivity index (χ2n) is 3.95. The van der Waals surface area contributed by atoms with Crippen LogP contribution in [0.1, 0.15) is 23.6 Å². The summed E-state index contributed by atoms with van der Waals surface area (Å²) >= 11 is 1.40. The molecule has 2 rings (SSSR count). The Labute approximate surface area is 108 Å². The average Bonchev–Trinajstić information content (AvgIpc) is 2.71. The number of aryl methyl sites for hydroxylation is 1. The van der Waals surface area contributed by atoms with Crippen LogP contribution in [0.5, 0.6) is 0 Å². The van der Waals surface area contributed by atoms with Crippen LogP contribution in [0.3, 0.4) is 0 Å². The van der Waals surface area contributed by atoms with E-state index in [1.165, 1.54) is 23.5 Å². The van der Waals surface area contributed by atoms with Crippen molar-refractivity contribution in [1.29, 1.82) is 0 Å². The number of nitro groups is 1. The Balaban J connectivity index is 2.37. The summed E-state index contributed by atoms with van der Waals surface area (Å²) in [4.78, 5) is 15.3. The summed E-state index contributed by atoms with van der Waals surface area (Å²) in [6, 6.07) is 6.24. The van der Waals surface area contributed by atoms with Crippen molar-refractivity contribution in [1.82, 2.24) is 4.98 Å². The fraction of sp³-hybridized carbons (Fsp3) is 0.250. The van der Waals surface area contributed by atoms with Crippen molar-refractivity contribution in [3.63, 3.8) is 0 Å². The summed E-state index contributed by atoms with van der Waals surface area (Å²) in [6.07, 6.45) is -0.547. The minimum Gasteiger partial charge on any atom is -0.388 e. The zero-order valence-electron chi connectivity index (χ0n) is 9.95. The molecule has 0 aliphatic carbocycles. The highest BCUT2D eigenvalue weighted by molar-refractivity contribution is 7.15. The van der Waals surface area contributed by atoms with Gasteiger partial charge < -0.3 is 5.11 Å². The minimum atomic E-state index is -0.547. The van der Waals surface area contributed by atoms with E-state index in [1.807, 2.05) is 6.92 Å². The first-order valence-electron chi connectivity index (χ1n) is 5.39. The maximum atomic E-state index is 10.6. The molecule has 0 fully saturated rings. The number of benzene rings is 1. The monoisotopic (exact) mass is 264 g/mol. The Morgan fingerprint density at radius 3 is 2.44 bits per heavy atom. The number of non-ortho nitro benzene ring substituents is 1. The van der Waals surface area contributed by atoms with Gasteiger partial charge in [0, 0.05) is 17.7 Å². The highest BCUT2D eigenvalue weighted by Gasteiger charge is 2.14. The topological polar surface area (TPSA) is 76.3 Å². The maximum absolute atomic E-state index is 10.6. The van der Waals surface area contributed by atoms with E-state index in [0.717, 1.165) is 21.1 Å². The highest BCUT2D eigenvalue weighted by atomic mass is 32.1. The second-order valence-corrected chi connectivity index (χ2v) is 4.98. The molecule has 1 aromatic carbocycles. The van der Waals surface area contributed by atoms with Crippen molar-refractivity contribution in [2.45, 2.75) is 20.0 Å². The lowest BCUT2D eigenvalue weighted by molar-refractivity contribution is -0.384. The number of hydrogen-bond donors (Lipinski definition) is 1. The van der Waals surface area contributed by atoms with Crippen molar-refractivity contribution < 1.29 is 10.0 Å². The van der Waals surface area contributed by atoms with Gasteiger partial charge in [-0.3, -0.25) is 10.1 Å². The molecule has 94 valence electrons. The maximum Gasteiger partial charge on any atom is 0.269 e. The Kier molecular flexibility index (Phi) is 3.40. The van der Waals surface area contributed by atoms with Crippen LogP contribution in [0.25, 0.3) is 10.6 Å². The van der Waals surface area contributed by atoms with Crippen LogP contribution in [0, 0.1) is 17.0 Å². The van der Waals surface area contributed by atoms with Gasteiger partial charge in [-0.25, -0.2) is 4.98 Å². The summed E-state index contributed by atoms with van der Waals surface area (Å²) in [6.45, 7) is 3.54. The average molecular weight is 264 g/mol. The summed E-state index contributed by atoms with van der Waals surface area (Å²) in [5, 5.41) is 20.9. The first-order chi connectivity index (χ1) is 8.49. The van der Waals surface area contributed by atoms with Gasteiger partial charge in [-0.1, -0.05) is 0 Å². The van der Waals surface area contributed by atoms with Crippen molar-refractivity contribution in [2.75, 3.05) is 0 Å². The number of aliphatic hydroxyl groups excluding tert-OH is 1. The van der Waals surface area contributed by atoms with Crippen LogP contribution in [-0.2, 0) is 0 Å². The van der Waals surface area contributed by atoms with Crippen LogP contribution >= 0.6 is 11.3 Å². The number of rotatable bonds is 3. The predicted octanol–water partition coefficient (Wildman–Crippen LogP) is 3.08. The first kappa shape index (κ1) is 12.7. The molecule has 0 saturated carbocycles. The SMILES string of the molecule is Cc1nc(-c2ccc([N+](=O)[O-])cc2)sc1C(C)O. The lowest BCUT2D eigenvalue weighted by Crippen LogP contribution is -1.88. The molecule has 1 heterocycles. The van der Waals surface area contributed by atoms with Gasteiger partial charge in [0.25, 0.3) is 5.69 Å². The second kappa shape index (κ2) is 4.83. The van der Waals surface area contributed by atoms with E-state index in [0.29, 0.717) is 0 Å². The van der Waals surface area contributed by atoms with Crippen LogP contribution in [0.2, 0.25) is 0 Å². The van der Waals surface area contributed by atoms with Crippen LogP contribution in [-0.4, -0.2) is 15.0 Å². The molecule has 6 heteroatoms.